The second-order valence-electron chi connectivity index (χ2n) is 5.92. The monoisotopic (exact) mass is 368 g/mol. The van der Waals surface area contributed by atoms with Crippen LogP contribution in [0.25, 0.3) is 10.8 Å². The molecule has 0 unspecified atom stereocenters. The van der Waals surface area contributed by atoms with E-state index in [4.69, 9.17) is 11.6 Å². The second kappa shape index (κ2) is 7.45. The van der Waals surface area contributed by atoms with Gasteiger partial charge in [0.05, 0.1) is 5.69 Å². The third-order valence-electron chi connectivity index (χ3n) is 4.04. The molecule has 0 radical (unpaired) electrons. The molecule has 0 bridgehead atoms. The zero-order chi connectivity index (χ0) is 18.7. The highest BCUT2D eigenvalue weighted by molar-refractivity contribution is 6.39. The van der Waals surface area contributed by atoms with Gasteiger partial charge in [-0.15, -0.1) is 0 Å². The molecule has 5 nitrogen and oxygen atoms in total. The van der Waals surface area contributed by atoms with Gasteiger partial charge in [0.2, 0.25) is 0 Å². The van der Waals surface area contributed by atoms with Crippen molar-refractivity contribution in [3.63, 3.8) is 0 Å². The number of carbonyl (C=O) groups excluding carboxylic acids is 2. The topological polar surface area (TPSA) is 69.6 Å². The minimum absolute atomic E-state index is 0.0920. The number of fused-ring (bicyclic) bond motifs is 1. The lowest BCUT2D eigenvalue weighted by Gasteiger charge is -2.18. The van der Waals surface area contributed by atoms with Crippen LogP contribution in [-0.2, 0) is 16.1 Å². The molecule has 0 aromatic heterocycles. The quantitative estimate of drug-likeness (QED) is 0.545. The van der Waals surface area contributed by atoms with Crippen LogP contribution < -0.4 is 5.32 Å². The maximum Gasteiger partial charge on any atom is 0.314 e. The predicted molar refractivity (Wildman–Crippen MR) is 102 cm³/mol. The summed E-state index contributed by atoms with van der Waals surface area (Å²) < 4.78 is 0. The van der Waals surface area contributed by atoms with Gasteiger partial charge in [-0.1, -0.05) is 54.1 Å². The van der Waals surface area contributed by atoms with Crippen molar-refractivity contribution >= 4 is 39.9 Å². The molecule has 0 spiro atoms. The number of hydrogen-bond donors (Lipinski definition) is 2. The van der Waals surface area contributed by atoms with E-state index >= 15 is 0 Å². The Bertz CT molecular complexity index is 982. The molecule has 0 aliphatic rings. The molecule has 132 valence electrons. The number of phenols is 1. The average molecular weight is 369 g/mol. The van der Waals surface area contributed by atoms with Crippen LogP contribution in [0.1, 0.15) is 5.56 Å². The summed E-state index contributed by atoms with van der Waals surface area (Å²) in [4.78, 5) is 25.9. The second-order valence-corrected chi connectivity index (χ2v) is 6.35. The zero-order valence-electron chi connectivity index (χ0n) is 14.1. The molecule has 6 heteroatoms. The molecular formula is C20H17ClN2O3. The van der Waals surface area contributed by atoms with Gasteiger partial charge in [-0.25, -0.2) is 0 Å². The Hall–Kier alpha value is -3.05. The van der Waals surface area contributed by atoms with E-state index in [1.165, 1.54) is 23.1 Å². The molecule has 0 aliphatic carbocycles. The molecule has 0 heterocycles. The van der Waals surface area contributed by atoms with Crippen molar-refractivity contribution < 1.29 is 14.7 Å². The zero-order valence-corrected chi connectivity index (χ0v) is 14.8. The van der Waals surface area contributed by atoms with Gasteiger partial charge in [-0.2, -0.15) is 0 Å². The van der Waals surface area contributed by atoms with Gasteiger partial charge in [0.1, 0.15) is 5.75 Å². The molecule has 0 saturated carbocycles. The fourth-order valence-corrected chi connectivity index (χ4v) is 2.89. The number of phenolic OH excluding ortho intramolecular Hbond substituents is 1. The molecule has 3 aromatic rings. The molecule has 2 amide bonds. The molecule has 3 rings (SSSR count). The standard InChI is InChI=1S/C20H17ClN2O3/c1-23(12-14-7-4-6-13-5-2-3-8-16(13)14)20(26)19(25)22-17-11-15(21)9-10-18(17)24/h2-11,24H,12H2,1H3,(H,22,25). The lowest BCUT2D eigenvalue weighted by molar-refractivity contribution is -0.142. The van der Waals surface area contributed by atoms with E-state index in [0.29, 0.717) is 5.02 Å². The number of carbonyl (C=O) groups is 2. The highest BCUT2D eigenvalue weighted by Gasteiger charge is 2.20. The van der Waals surface area contributed by atoms with Crippen LogP contribution in [0.5, 0.6) is 5.75 Å². The molecular weight excluding hydrogens is 352 g/mol. The van der Waals surface area contributed by atoms with Crippen molar-refractivity contribution in [1.29, 1.82) is 0 Å². The number of anilines is 1. The van der Waals surface area contributed by atoms with E-state index < -0.39 is 11.8 Å². The van der Waals surface area contributed by atoms with E-state index in [-0.39, 0.29) is 18.0 Å². The number of hydrogen-bond acceptors (Lipinski definition) is 3. The number of nitrogens with one attached hydrogen (secondary N) is 1. The summed E-state index contributed by atoms with van der Waals surface area (Å²) >= 11 is 5.85. The molecule has 26 heavy (non-hydrogen) atoms. The van der Waals surface area contributed by atoms with Gasteiger partial charge in [0.25, 0.3) is 0 Å². The van der Waals surface area contributed by atoms with E-state index in [1.807, 2.05) is 42.5 Å². The van der Waals surface area contributed by atoms with Crippen LogP contribution in [0.4, 0.5) is 5.69 Å². The summed E-state index contributed by atoms with van der Waals surface area (Å²) in [5.74, 6) is -1.71. The number of benzene rings is 3. The Balaban J connectivity index is 1.74. The number of nitrogens with zero attached hydrogens (tertiary/aromatic N) is 1. The minimum atomic E-state index is -0.842. The summed E-state index contributed by atoms with van der Waals surface area (Å²) in [6.07, 6.45) is 0. The smallest absolute Gasteiger partial charge is 0.314 e. The molecule has 3 aromatic carbocycles. The molecule has 0 fully saturated rings. The Labute approximate surface area is 155 Å². The van der Waals surface area contributed by atoms with Crippen LogP contribution in [0.15, 0.2) is 60.7 Å². The first-order valence-electron chi connectivity index (χ1n) is 7.97. The molecule has 0 aliphatic heterocycles. The fourth-order valence-electron chi connectivity index (χ4n) is 2.72. The number of likely N-dealkylation sites (N-methyl/N-ethyl adjacent to an activating group) is 1. The number of rotatable bonds is 3. The Morgan fingerprint density at radius 2 is 1.81 bits per heavy atom. The van der Waals surface area contributed by atoms with Crippen molar-refractivity contribution in [2.24, 2.45) is 0 Å². The third kappa shape index (κ3) is 3.78. The number of halogens is 1. The average Bonchev–Trinajstić information content (AvgIpc) is 2.64. The van der Waals surface area contributed by atoms with Crippen LogP contribution in [0.3, 0.4) is 0 Å². The molecule has 2 N–H and O–H groups in total. The van der Waals surface area contributed by atoms with Crippen LogP contribution >= 0.6 is 11.6 Å². The first-order valence-corrected chi connectivity index (χ1v) is 8.35. The SMILES string of the molecule is CN(Cc1cccc2ccccc12)C(=O)C(=O)Nc1cc(Cl)ccc1O. The highest BCUT2D eigenvalue weighted by atomic mass is 35.5. The van der Waals surface area contributed by atoms with E-state index in [9.17, 15) is 14.7 Å². The Morgan fingerprint density at radius 3 is 2.62 bits per heavy atom. The summed E-state index contributed by atoms with van der Waals surface area (Å²) in [6, 6.07) is 17.9. The van der Waals surface area contributed by atoms with E-state index in [0.717, 1.165) is 16.3 Å². The lowest BCUT2D eigenvalue weighted by atomic mass is 10.0. The lowest BCUT2D eigenvalue weighted by Crippen LogP contribution is -2.36. The summed E-state index contributed by atoms with van der Waals surface area (Å²) in [6.45, 7) is 0.287. The summed E-state index contributed by atoms with van der Waals surface area (Å²) in [5, 5.41) is 14.6. The normalized spacial score (nSPS) is 10.5. The highest BCUT2D eigenvalue weighted by Crippen LogP contribution is 2.26. The molecule has 0 saturated heterocycles. The van der Waals surface area contributed by atoms with E-state index in [2.05, 4.69) is 5.32 Å². The first kappa shape index (κ1) is 17.8. The van der Waals surface area contributed by atoms with Crippen molar-refractivity contribution in [2.75, 3.05) is 12.4 Å². The van der Waals surface area contributed by atoms with Gasteiger partial charge in [-0.3, -0.25) is 9.59 Å². The largest absolute Gasteiger partial charge is 0.506 e. The van der Waals surface area contributed by atoms with Crippen LogP contribution in [0, 0.1) is 0 Å². The number of amides is 2. The maximum absolute atomic E-state index is 12.4. The Morgan fingerprint density at radius 1 is 1.08 bits per heavy atom. The van der Waals surface area contributed by atoms with Gasteiger partial charge in [0.15, 0.2) is 0 Å². The maximum atomic E-state index is 12.4. The van der Waals surface area contributed by atoms with Gasteiger partial charge in [0, 0.05) is 18.6 Å². The minimum Gasteiger partial charge on any atom is -0.506 e. The first-order chi connectivity index (χ1) is 12.5. The fraction of sp³-hybridized carbons (Fsp3) is 0.100. The van der Waals surface area contributed by atoms with E-state index in [1.54, 1.807) is 7.05 Å². The van der Waals surface area contributed by atoms with Crippen molar-refractivity contribution in [1.82, 2.24) is 4.90 Å². The Kier molecular flexibility index (Phi) is 5.09. The van der Waals surface area contributed by atoms with Gasteiger partial charge < -0.3 is 15.3 Å². The predicted octanol–water partition coefficient (Wildman–Crippen LogP) is 3.80. The van der Waals surface area contributed by atoms with Gasteiger partial charge in [-0.05, 0) is 34.5 Å². The third-order valence-corrected chi connectivity index (χ3v) is 4.27. The molecule has 0 atom stereocenters. The van der Waals surface area contributed by atoms with Crippen molar-refractivity contribution in [3.05, 3.63) is 71.2 Å². The van der Waals surface area contributed by atoms with Crippen molar-refractivity contribution in [2.45, 2.75) is 6.54 Å². The number of aromatic hydroxyl groups is 1. The summed E-state index contributed by atoms with van der Waals surface area (Å²) in [5.41, 5.74) is 1.03. The summed E-state index contributed by atoms with van der Waals surface area (Å²) in [7, 11) is 1.56. The van der Waals surface area contributed by atoms with Crippen LogP contribution in [-0.4, -0.2) is 28.9 Å². The van der Waals surface area contributed by atoms with Gasteiger partial charge >= 0.3 is 11.8 Å². The van der Waals surface area contributed by atoms with Crippen molar-refractivity contribution in [3.8, 4) is 5.75 Å². The van der Waals surface area contributed by atoms with Crippen LogP contribution in [0.2, 0.25) is 5.02 Å².